The molecule has 2 rings (SSSR count). The zero-order valence-corrected chi connectivity index (χ0v) is 12.1. The zero-order valence-electron chi connectivity index (χ0n) is 12.1. The fourth-order valence-electron chi connectivity index (χ4n) is 1.91. The average Bonchev–Trinajstić information content (AvgIpc) is 2.53. The van der Waals surface area contributed by atoms with E-state index in [2.05, 4.69) is 5.32 Å². The molecule has 0 saturated heterocycles. The number of nitrogens with two attached hydrogens (primary N) is 1. The second-order valence-corrected chi connectivity index (χ2v) is 4.79. The number of rotatable bonds is 6. The van der Waals surface area contributed by atoms with Crippen molar-refractivity contribution in [1.29, 1.82) is 0 Å². The minimum atomic E-state index is -0.185. The number of anilines is 1. The fraction of sp³-hybridized carbons (Fsp3) is 0.235. The number of hydrogen-bond acceptors (Lipinski definition) is 3. The highest BCUT2D eigenvalue weighted by atomic mass is 16.5. The summed E-state index contributed by atoms with van der Waals surface area (Å²) < 4.78 is 5.46. The molecular weight excluding hydrogens is 264 g/mol. The highest BCUT2D eigenvalue weighted by Gasteiger charge is 2.05. The van der Waals surface area contributed by atoms with Crippen molar-refractivity contribution in [3.63, 3.8) is 0 Å². The van der Waals surface area contributed by atoms with E-state index in [-0.39, 0.29) is 18.6 Å². The molecule has 1 amide bonds. The van der Waals surface area contributed by atoms with Crippen molar-refractivity contribution in [3.8, 4) is 5.75 Å². The summed E-state index contributed by atoms with van der Waals surface area (Å²) in [5, 5.41) is 2.77. The Morgan fingerprint density at radius 2 is 1.81 bits per heavy atom. The van der Waals surface area contributed by atoms with Crippen molar-refractivity contribution >= 4 is 11.6 Å². The van der Waals surface area contributed by atoms with Crippen LogP contribution in [0, 0.1) is 0 Å². The third kappa shape index (κ3) is 4.61. The van der Waals surface area contributed by atoms with Gasteiger partial charge in [0.25, 0.3) is 5.91 Å². The minimum absolute atomic E-state index is 0.0198. The summed E-state index contributed by atoms with van der Waals surface area (Å²) in [4.78, 5) is 11.8. The first-order valence-corrected chi connectivity index (χ1v) is 7.02. The lowest BCUT2D eigenvalue weighted by Crippen LogP contribution is -2.20. The Kier molecular flexibility index (Phi) is 5.35. The van der Waals surface area contributed by atoms with Gasteiger partial charge in [-0.1, -0.05) is 37.3 Å². The first kappa shape index (κ1) is 15.1. The summed E-state index contributed by atoms with van der Waals surface area (Å²) in [6.45, 7) is 2.02. The quantitative estimate of drug-likeness (QED) is 0.856. The lowest BCUT2D eigenvalue weighted by atomic mass is 10.1. The summed E-state index contributed by atoms with van der Waals surface area (Å²) in [6, 6.07) is 16.9. The Morgan fingerprint density at radius 3 is 2.43 bits per heavy atom. The van der Waals surface area contributed by atoms with Crippen LogP contribution in [-0.2, 0) is 4.79 Å². The van der Waals surface area contributed by atoms with E-state index in [1.807, 2.05) is 61.5 Å². The van der Waals surface area contributed by atoms with Crippen molar-refractivity contribution in [1.82, 2.24) is 0 Å². The van der Waals surface area contributed by atoms with Crippen molar-refractivity contribution in [2.75, 3.05) is 11.9 Å². The number of ether oxygens (including phenoxy) is 1. The van der Waals surface area contributed by atoms with Crippen molar-refractivity contribution in [2.45, 2.75) is 19.4 Å². The molecule has 0 bridgehead atoms. The van der Waals surface area contributed by atoms with E-state index in [9.17, 15) is 4.79 Å². The van der Waals surface area contributed by atoms with E-state index in [1.165, 1.54) is 0 Å². The molecule has 4 nitrogen and oxygen atoms in total. The lowest BCUT2D eigenvalue weighted by molar-refractivity contribution is -0.118. The van der Waals surface area contributed by atoms with E-state index < -0.39 is 0 Å². The monoisotopic (exact) mass is 284 g/mol. The van der Waals surface area contributed by atoms with Gasteiger partial charge in [-0.05, 0) is 36.2 Å². The van der Waals surface area contributed by atoms with E-state index in [1.54, 1.807) is 0 Å². The number of benzene rings is 2. The Bertz CT molecular complexity index is 567. The van der Waals surface area contributed by atoms with Crippen LogP contribution in [0.4, 0.5) is 5.69 Å². The lowest BCUT2D eigenvalue weighted by Gasteiger charge is -2.11. The van der Waals surface area contributed by atoms with Crippen molar-refractivity contribution in [3.05, 3.63) is 60.2 Å². The molecule has 1 atom stereocenters. The molecule has 0 heterocycles. The van der Waals surface area contributed by atoms with Crippen LogP contribution in [0.5, 0.6) is 5.75 Å². The van der Waals surface area contributed by atoms with Gasteiger partial charge in [0.05, 0.1) is 0 Å². The maximum atomic E-state index is 11.8. The van der Waals surface area contributed by atoms with Crippen LogP contribution < -0.4 is 15.8 Å². The molecule has 2 aromatic carbocycles. The first-order chi connectivity index (χ1) is 10.2. The molecule has 2 aromatic rings. The molecule has 3 N–H and O–H groups in total. The topological polar surface area (TPSA) is 64.3 Å². The van der Waals surface area contributed by atoms with Crippen LogP contribution >= 0.6 is 0 Å². The maximum Gasteiger partial charge on any atom is 0.262 e. The van der Waals surface area contributed by atoms with Crippen LogP contribution in [0.25, 0.3) is 0 Å². The summed E-state index contributed by atoms with van der Waals surface area (Å²) in [5.74, 6) is 0.473. The van der Waals surface area contributed by atoms with E-state index in [0.717, 1.165) is 17.7 Å². The van der Waals surface area contributed by atoms with Crippen LogP contribution in [0.1, 0.15) is 24.9 Å². The molecule has 0 aromatic heterocycles. The number of nitrogens with one attached hydrogen (secondary N) is 1. The first-order valence-electron chi connectivity index (χ1n) is 7.02. The van der Waals surface area contributed by atoms with Crippen molar-refractivity contribution < 1.29 is 9.53 Å². The molecule has 0 fully saturated rings. The Morgan fingerprint density at radius 1 is 1.14 bits per heavy atom. The van der Waals surface area contributed by atoms with Crippen LogP contribution in [0.15, 0.2) is 54.6 Å². The fourth-order valence-corrected chi connectivity index (χ4v) is 1.91. The summed E-state index contributed by atoms with van der Waals surface area (Å²) in [6.07, 6.45) is 0.889. The van der Waals surface area contributed by atoms with Gasteiger partial charge < -0.3 is 15.8 Å². The van der Waals surface area contributed by atoms with Gasteiger partial charge in [0.1, 0.15) is 5.75 Å². The molecule has 0 saturated carbocycles. The highest BCUT2D eigenvalue weighted by molar-refractivity contribution is 5.91. The van der Waals surface area contributed by atoms with Gasteiger partial charge in [-0.2, -0.15) is 0 Å². The van der Waals surface area contributed by atoms with Gasteiger partial charge in [-0.15, -0.1) is 0 Å². The molecular formula is C17H20N2O2. The van der Waals surface area contributed by atoms with E-state index in [0.29, 0.717) is 5.75 Å². The molecule has 0 spiro atoms. The van der Waals surface area contributed by atoms with Gasteiger partial charge in [-0.3, -0.25) is 4.79 Å². The molecule has 21 heavy (non-hydrogen) atoms. The summed E-state index contributed by atoms with van der Waals surface area (Å²) in [5.41, 5.74) is 7.78. The Labute approximate surface area is 124 Å². The van der Waals surface area contributed by atoms with Crippen molar-refractivity contribution in [2.24, 2.45) is 5.73 Å². The van der Waals surface area contributed by atoms with Gasteiger partial charge in [0.15, 0.2) is 6.61 Å². The molecule has 0 radical (unpaired) electrons. The molecule has 0 aliphatic rings. The molecule has 1 unspecified atom stereocenters. The minimum Gasteiger partial charge on any atom is -0.484 e. The Hall–Kier alpha value is -2.33. The summed E-state index contributed by atoms with van der Waals surface area (Å²) >= 11 is 0. The molecule has 0 aliphatic carbocycles. The van der Waals surface area contributed by atoms with E-state index in [4.69, 9.17) is 10.5 Å². The number of para-hydroxylation sites is 1. The second-order valence-electron chi connectivity index (χ2n) is 4.79. The normalized spacial score (nSPS) is 11.7. The van der Waals surface area contributed by atoms with Crippen LogP contribution in [0.3, 0.4) is 0 Å². The smallest absolute Gasteiger partial charge is 0.262 e. The van der Waals surface area contributed by atoms with E-state index >= 15 is 0 Å². The van der Waals surface area contributed by atoms with Crippen LogP contribution in [0.2, 0.25) is 0 Å². The predicted molar refractivity (Wildman–Crippen MR) is 84.2 cm³/mol. The van der Waals surface area contributed by atoms with Gasteiger partial charge in [0.2, 0.25) is 0 Å². The van der Waals surface area contributed by atoms with Crippen LogP contribution in [-0.4, -0.2) is 12.5 Å². The average molecular weight is 284 g/mol. The third-order valence-electron chi connectivity index (χ3n) is 3.18. The largest absolute Gasteiger partial charge is 0.484 e. The van der Waals surface area contributed by atoms with Gasteiger partial charge >= 0.3 is 0 Å². The standard InChI is InChI=1S/C17H20N2O2/c1-2-16(18)13-8-10-15(11-9-13)21-12-17(20)19-14-6-4-3-5-7-14/h3-11,16H,2,12,18H2,1H3,(H,19,20). The zero-order chi connectivity index (χ0) is 15.1. The summed E-state index contributed by atoms with van der Waals surface area (Å²) in [7, 11) is 0. The highest BCUT2D eigenvalue weighted by Crippen LogP contribution is 2.18. The number of amides is 1. The SMILES string of the molecule is CCC(N)c1ccc(OCC(=O)Nc2ccccc2)cc1. The predicted octanol–water partition coefficient (Wildman–Crippen LogP) is 3.11. The third-order valence-corrected chi connectivity index (χ3v) is 3.18. The maximum absolute atomic E-state index is 11.8. The van der Waals surface area contributed by atoms with Gasteiger partial charge in [0, 0.05) is 11.7 Å². The Balaban J connectivity index is 1.84. The molecule has 4 heteroatoms. The molecule has 110 valence electrons. The number of hydrogen-bond donors (Lipinski definition) is 2. The number of carbonyl (C=O) groups excluding carboxylic acids is 1. The van der Waals surface area contributed by atoms with Gasteiger partial charge in [-0.25, -0.2) is 0 Å². The molecule has 0 aliphatic heterocycles. The number of carbonyl (C=O) groups is 1. The second kappa shape index (κ2) is 7.45.